The van der Waals surface area contributed by atoms with Crippen molar-refractivity contribution in [2.45, 2.75) is 53.9 Å². The van der Waals surface area contributed by atoms with Crippen LogP contribution in [0, 0.1) is 29.3 Å². The summed E-state index contributed by atoms with van der Waals surface area (Å²) in [6, 6.07) is 14.9. The molecule has 6 nitrogen and oxygen atoms in total. The molecule has 0 aromatic heterocycles. The third-order valence-electron chi connectivity index (χ3n) is 8.28. The van der Waals surface area contributed by atoms with Crippen LogP contribution in [0.2, 0.25) is 5.02 Å². The number of hydrogen-bond acceptors (Lipinski definition) is 5. The van der Waals surface area contributed by atoms with Crippen molar-refractivity contribution in [3.63, 3.8) is 0 Å². The van der Waals surface area contributed by atoms with Crippen molar-refractivity contribution in [2.24, 2.45) is 17.6 Å². The predicted octanol–water partition coefficient (Wildman–Crippen LogP) is 5.71. The smallest absolute Gasteiger partial charge is 0.255 e. The van der Waals surface area contributed by atoms with Crippen molar-refractivity contribution >= 4 is 40.9 Å². The lowest BCUT2D eigenvalue weighted by atomic mass is 9.74. The molecule has 5 N–H and O–H groups in total. The lowest BCUT2D eigenvalue weighted by Crippen LogP contribution is -2.55. The van der Waals surface area contributed by atoms with Gasteiger partial charge in [0.05, 0.1) is 16.7 Å². The first-order valence-corrected chi connectivity index (χ1v) is 15.0. The van der Waals surface area contributed by atoms with Crippen molar-refractivity contribution < 1.29 is 27.9 Å². The number of halogens is 4. The molecule has 0 spiro atoms. The molecular weight excluding hydrogens is 587 g/mol. The lowest BCUT2D eigenvalue weighted by molar-refractivity contribution is -0.125. The number of carbonyl (C=O) groups is 2. The van der Waals surface area contributed by atoms with E-state index < -0.39 is 35.0 Å². The second-order valence-electron chi connectivity index (χ2n) is 11.0. The molecule has 11 heteroatoms. The van der Waals surface area contributed by atoms with Gasteiger partial charge < -0.3 is 21.5 Å². The molecule has 3 aromatic carbocycles. The van der Waals surface area contributed by atoms with E-state index in [-0.39, 0.29) is 40.8 Å². The highest BCUT2D eigenvalue weighted by molar-refractivity contribution is 8.00. The van der Waals surface area contributed by atoms with E-state index in [1.807, 2.05) is 30.3 Å². The van der Waals surface area contributed by atoms with Crippen LogP contribution in [0.3, 0.4) is 0 Å². The summed E-state index contributed by atoms with van der Waals surface area (Å²) in [6.45, 7) is 0.141. The zero-order valence-electron chi connectivity index (χ0n) is 22.6. The Labute approximate surface area is 251 Å². The first-order chi connectivity index (χ1) is 20.0. The summed E-state index contributed by atoms with van der Waals surface area (Å²) in [6.07, 6.45) is 3.48. The molecule has 5 atom stereocenters. The molecule has 2 aliphatic rings. The van der Waals surface area contributed by atoms with E-state index in [2.05, 4.69) is 10.6 Å². The van der Waals surface area contributed by atoms with Gasteiger partial charge in [-0.3, -0.25) is 9.59 Å². The Kier molecular flexibility index (Phi) is 9.17. The molecule has 2 aliphatic carbocycles. The van der Waals surface area contributed by atoms with Gasteiger partial charge in [0.15, 0.2) is 17.5 Å². The Balaban J connectivity index is 1.19. The standard InChI is InChI=1S/C31H31ClF3N3O3S/c32-23-9-6-18(29(39)38-21-14-24(33)28(35)25(34)15-21)11-27(23)42-22-12-19-7-8-20(13-22)31(19,41)16-37-30(40)26(36)10-17-4-2-1-3-5-17/h1-6,9,11,14-15,19-20,22,26,41H,7-8,10,12-13,16,36H2,(H,37,40)(H,38,39)/t19-,20?,22?,26-,31?/m0/s1. The summed E-state index contributed by atoms with van der Waals surface area (Å²) in [5.41, 5.74) is 6.08. The van der Waals surface area contributed by atoms with Gasteiger partial charge in [0.25, 0.3) is 5.91 Å². The number of benzene rings is 3. The summed E-state index contributed by atoms with van der Waals surface area (Å²) in [5.74, 6) is -5.38. The fourth-order valence-corrected chi connectivity index (χ4v) is 7.70. The maximum atomic E-state index is 13.6. The Morgan fingerprint density at radius 2 is 1.67 bits per heavy atom. The molecule has 42 heavy (non-hydrogen) atoms. The Morgan fingerprint density at radius 3 is 2.31 bits per heavy atom. The van der Waals surface area contributed by atoms with Crippen LogP contribution in [0.5, 0.6) is 0 Å². The van der Waals surface area contributed by atoms with Gasteiger partial charge >= 0.3 is 0 Å². The summed E-state index contributed by atoms with van der Waals surface area (Å²) in [5, 5.41) is 17.5. The third kappa shape index (κ3) is 6.62. The van der Waals surface area contributed by atoms with Gasteiger partial charge in [-0.2, -0.15) is 0 Å². The largest absolute Gasteiger partial charge is 0.387 e. The number of carbonyl (C=O) groups excluding carboxylic acids is 2. The van der Waals surface area contributed by atoms with E-state index in [0.29, 0.717) is 41.3 Å². The number of hydrogen-bond donors (Lipinski definition) is 4. The first kappa shape index (κ1) is 30.4. The average Bonchev–Trinajstić information content (AvgIpc) is 3.11. The molecule has 2 saturated carbocycles. The van der Waals surface area contributed by atoms with E-state index in [4.69, 9.17) is 17.3 Å². The molecule has 2 bridgehead atoms. The minimum Gasteiger partial charge on any atom is -0.387 e. The number of amides is 2. The SMILES string of the molecule is N[C@@H](Cc1ccccc1)C(=O)NCC1(O)C2CC[C@H]1CC(Sc1cc(C(=O)Nc3cc(F)c(F)c(F)c3)ccc1Cl)C2. The molecule has 222 valence electrons. The molecule has 5 rings (SSSR count). The van der Waals surface area contributed by atoms with Gasteiger partial charge in [0.1, 0.15) is 0 Å². The summed E-state index contributed by atoms with van der Waals surface area (Å²) < 4.78 is 40.4. The van der Waals surface area contributed by atoms with Gasteiger partial charge in [-0.05, 0) is 67.7 Å². The molecule has 0 saturated heterocycles. The summed E-state index contributed by atoms with van der Waals surface area (Å²) in [4.78, 5) is 26.1. The van der Waals surface area contributed by atoms with Crippen LogP contribution < -0.4 is 16.4 Å². The average molecular weight is 618 g/mol. The molecule has 3 aromatic rings. The second-order valence-corrected chi connectivity index (χ2v) is 12.8. The number of nitrogens with two attached hydrogens (primary N) is 1. The van der Waals surface area contributed by atoms with E-state index in [9.17, 15) is 27.9 Å². The van der Waals surface area contributed by atoms with E-state index in [0.717, 1.165) is 18.4 Å². The fourth-order valence-electron chi connectivity index (χ4n) is 6.06. The highest BCUT2D eigenvalue weighted by Gasteiger charge is 2.53. The van der Waals surface area contributed by atoms with Crippen molar-refractivity contribution in [1.82, 2.24) is 5.32 Å². The van der Waals surface area contributed by atoms with Gasteiger partial charge in [-0.1, -0.05) is 41.9 Å². The van der Waals surface area contributed by atoms with E-state index in [1.54, 1.807) is 12.1 Å². The number of thioether (sulfide) groups is 1. The minimum absolute atomic E-state index is 0.0204. The van der Waals surface area contributed by atoms with Crippen LogP contribution in [0.25, 0.3) is 0 Å². The van der Waals surface area contributed by atoms with Crippen molar-refractivity contribution in [3.8, 4) is 0 Å². The van der Waals surface area contributed by atoms with Gasteiger partial charge in [0, 0.05) is 40.1 Å². The third-order valence-corrected chi connectivity index (χ3v) is 10.0. The number of anilines is 1. The lowest BCUT2D eigenvalue weighted by Gasteiger charge is -2.42. The van der Waals surface area contributed by atoms with E-state index >= 15 is 0 Å². The van der Waals surface area contributed by atoms with E-state index in [1.165, 1.54) is 17.8 Å². The van der Waals surface area contributed by atoms with Gasteiger partial charge in [0.2, 0.25) is 5.91 Å². The quantitative estimate of drug-likeness (QED) is 0.230. The zero-order valence-corrected chi connectivity index (χ0v) is 24.2. The highest BCUT2D eigenvalue weighted by Crippen LogP contribution is 2.53. The van der Waals surface area contributed by atoms with Crippen LogP contribution in [0.15, 0.2) is 65.6 Å². The maximum absolute atomic E-state index is 13.6. The Morgan fingerprint density at radius 1 is 1.02 bits per heavy atom. The number of fused-ring (bicyclic) bond motifs is 2. The van der Waals surface area contributed by atoms with Crippen LogP contribution >= 0.6 is 23.4 Å². The van der Waals surface area contributed by atoms with Gasteiger partial charge in [-0.15, -0.1) is 11.8 Å². The zero-order chi connectivity index (χ0) is 30.0. The molecular formula is C31H31ClF3N3O3S. The topological polar surface area (TPSA) is 104 Å². The van der Waals surface area contributed by atoms with Crippen LogP contribution in [-0.2, 0) is 11.2 Å². The maximum Gasteiger partial charge on any atom is 0.255 e. The molecule has 2 fully saturated rings. The summed E-state index contributed by atoms with van der Waals surface area (Å²) in [7, 11) is 0. The minimum atomic E-state index is -1.61. The Bertz CT molecular complexity index is 1440. The molecule has 0 heterocycles. The summed E-state index contributed by atoms with van der Waals surface area (Å²) >= 11 is 7.97. The Hall–Kier alpha value is -3.05. The van der Waals surface area contributed by atoms with Crippen molar-refractivity contribution in [2.75, 3.05) is 11.9 Å². The first-order valence-electron chi connectivity index (χ1n) is 13.7. The molecule has 0 aliphatic heterocycles. The number of rotatable bonds is 9. The molecule has 2 amide bonds. The monoisotopic (exact) mass is 617 g/mol. The van der Waals surface area contributed by atoms with Crippen molar-refractivity contribution in [3.05, 3.63) is 94.3 Å². The second kappa shape index (κ2) is 12.7. The number of nitrogens with one attached hydrogen (secondary N) is 2. The van der Waals surface area contributed by atoms with Crippen LogP contribution in [0.1, 0.15) is 41.6 Å². The molecule has 3 unspecified atom stereocenters. The van der Waals surface area contributed by atoms with Gasteiger partial charge in [-0.25, -0.2) is 13.2 Å². The fraction of sp³-hybridized carbons (Fsp3) is 0.355. The number of aliphatic hydroxyl groups is 1. The normalized spacial score (nSPS) is 23.8. The van der Waals surface area contributed by atoms with Crippen LogP contribution in [0.4, 0.5) is 18.9 Å². The predicted molar refractivity (Wildman–Crippen MR) is 157 cm³/mol. The van der Waals surface area contributed by atoms with Crippen molar-refractivity contribution in [1.29, 1.82) is 0 Å². The molecule has 0 radical (unpaired) electrons. The van der Waals surface area contributed by atoms with Crippen LogP contribution in [-0.4, -0.2) is 40.4 Å². The highest BCUT2D eigenvalue weighted by atomic mass is 35.5.